The molecule has 0 aliphatic heterocycles. The van der Waals surface area contributed by atoms with Gasteiger partial charge in [0.05, 0.1) is 26.2 Å². The molecule has 0 spiro atoms. The topological polar surface area (TPSA) is 160 Å². The second-order valence-electron chi connectivity index (χ2n) is 19.3. The van der Waals surface area contributed by atoms with Crippen LogP contribution in [0, 0.1) is 0 Å². The maximum absolute atomic E-state index is 14.2. The normalized spacial score (nSPS) is 11.4. The van der Waals surface area contributed by atoms with E-state index in [2.05, 4.69) is 24.5 Å². The summed E-state index contributed by atoms with van der Waals surface area (Å²) >= 11 is 0. The Bertz CT molecular complexity index is 1220. The third-order valence-corrected chi connectivity index (χ3v) is 12.9. The Morgan fingerprint density at radius 1 is 0.448 bits per heavy atom. The molecule has 13 nitrogen and oxygen atoms in total. The zero-order chi connectivity index (χ0) is 49.0. The number of halogens is 1. The summed E-state index contributed by atoms with van der Waals surface area (Å²) in [4.78, 5) is 82.4. The predicted octanol–water partition coefficient (Wildman–Crippen LogP) is 10.7. The van der Waals surface area contributed by atoms with Gasteiger partial charge in [-0.05, 0) is 26.3 Å². The number of carboxylic acids is 1. The van der Waals surface area contributed by atoms with Gasteiger partial charge < -0.3 is 35.3 Å². The van der Waals surface area contributed by atoms with Crippen LogP contribution in [0.4, 0.5) is 0 Å². The molecule has 0 radical (unpaired) electrons. The van der Waals surface area contributed by atoms with Crippen molar-refractivity contribution in [1.29, 1.82) is 0 Å². The number of carboxylic acid groups (broad SMARTS) is 1. The van der Waals surface area contributed by atoms with Crippen LogP contribution in [0.5, 0.6) is 0 Å². The van der Waals surface area contributed by atoms with Crippen LogP contribution in [0.3, 0.4) is 0 Å². The molecule has 1 atom stereocenters. The number of hydrogen-bond acceptors (Lipinski definition) is 7. The average molecular weight is 972 g/mol. The summed E-state index contributed by atoms with van der Waals surface area (Å²) in [6.07, 6.45) is 40.1. The zero-order valence-corrected chi connectivity index (χ0v) is 44.8. The van der Waals surface area contributed by atoms with Gasteiger partial charge in [0.1, 0.15) is 6.04 Å². The number of carbonyl (C=O) groups is 6. The Hall–Kier alpha value is -2.93. The highest BCUT2D eigenvalue weighted by Crippen LogP contribution is 2.17. The number of unbranched alkanes of at least 4 members (excludes halogenated alkanes) is 30. The van der Waals surface area contributed by atoms with Gasteiger partial charge >= 0.3 is 5.97 Å². The molecule has 0 unspecified atom stereocenters. The van der Waals surface area contributed by atoms with Crippen molar-refractivity contribution in [2.75, 3.05) is 67.5 Å². The number of amides is 5. The average Bonchev–Trinajstić information content (AvgIpc) is 3.28. The van der Waals surface area contributed by atoms with Gasteiger partial charge in [-0.25, -0.2) is 0 Å². The Balaban J connectivity index is 0. The van der Waals surface area contributed by atoms with Gasteiger partial charge in [-0.2, -0.15) is 0 Å². The summed E-state index contributed by atoms with van der Waals surface area (Å²) in [5.74, 6) is -3.09. The lowest BCUT2D eigenvalue weighted by molar-refractivity contribution is -0.143. The Labute approximate surface area is 416 Å². The summed E-state index contributed by atoms with van der Waals surface area (Å²) in [5.41, 5.74) is 0. The first kappa shape index (κ1) is 66.2. The lowest BCUT2D eigenvalue weighted by atomic mass is 10.0. The van der Waals surface area contributed by atoms with E-state index < -0.39 is 29.7 Å². The SMILES string of the molecule is CCCCCCCCCCCCCCCCCCN(CCCCCCCCCCCCCCCCCC)C(=O)[C@H](CCC(=O)O)NC(=O)CN(C)C(=O)CN(C)C(=O)CN(C)C(=O)CNC.Cl. The van der Waals surface area contributed by atoms with Crippen LogP contribution >= 0.6 is 12.4 Å². The van der Waals surface area contributed by atoms with Crippen molar-refractivity contribution >= 4 is 47.9 Å². The van der Waals surface area contributed by atoms with Crippen LogP contribution in [0.15, 0.2) is 0 Å². The molecule has 0 saturated carbocycles. The summed E-state index contributed by atoms with van der Waals surface area (Å²) in [6, 6.07) is -1.03. The molecule has 0 fully saturated rings. The standard InChI is InChI=1S/C53H102N6O7.ClH/c1-7-9-11-13-15-17-19-21-23-25-27-29-31-33-35-37-41-59(42-38-36-34-32-30-28-26-24-22-20-18-16-14-12-10-8-2)53(66)47(39-40-52(64)65)55-48(60)44-56(4)50(62)46-58(6)51(63)45-57(5)49(61)43-54-3;/h47,54H,7-46H2,1-6H3,(H,55,60)(H,64,65);1H/t47-;/m0./s1. The highest BCUT2D eigenvalue weighted by molar-refractivity contribution is 5.92. The van der Waals surface area contributed by atoms with E-state index in [0.717, 1.165) is 38.5 Å². The molecule has 5 amide bonds. The smallest absolute Gasteiger partial charge is 0.303 e. The molecule has 0 aliphatic rings. The van der Waals surface area contributed by atoms with Crippen LogP contribution in [0.2, 0.25) is 0 Å². The predicted molar refractivity (Wildman–Crippen MR) is 279 cm³/mol. The fourth-order valence-electron chi connectivity index (χ4n) is 8.43. The first-order valence-electron chi connectivity index (χ1n) is 27.0. The quantitative estimate of drug-likeness (QED) is 0.0508. The fraction of sp³-hybridized carbons (Fsp3) is 0.887. The van der Waals surface area contributed by atoms with Gasteiger partial charge in [-0.1, -0.05) is 206 Å². The van der Waals surface area contributed by atoms with Crippen molar-refractivity contribution in [3.8, 4) is 0 Å². The first-order chi connectivity index (χ1) is 31.9. The molecule has 0 aromatic carbocycles. The van der Waals surface area contributed by atoms with Crippen LogP contribution in [-0.2, 0) is 28.8 Å². The summed E-state index contributed by atoms with van der Waals surface area (Å²) in [5, 5.41) is 15.1. The van der Waals surface area contributed by atoms with Crippen molar-refractivity contribution in [3.63, 3.8) is 0 Å². The van der Waals surface area contributed by atoms with E-state index in [1.165, 1.54) is 203 Å². The molecule has 3 N–H and O–H groups in total. The highest BCUT2D eigenvalue weighted by atomic mass is 35.5. The molecule has 0 aromatic rings. The van der Waals surface area contributed by atoms with Crippen LogP contribution in [0.25, 0.3) is 0 Å². The van der Waals surface area contributed by atoms with E-state index in [0.29, 0.717) is 13.1 Å². The maximum atomic E-state index is 14.2. The summed E-state index contributed by atoms with van der Waals surface area (Å²) in [6.45, 7) is 4.86. The molecular formula is C53H103ClN6O7. The number of carbonyl (C=O) groups excluding carboxylic acids is 5. The Morgan fingerprint density at radius 2 is 0.746 bits per heavy atom. The number of rotatable bonds is 47. The largest absolute Gasteiger partial charge is 0.481 e. The van der Waals surface area contributed by atoms with E-state index in [-0.39, 0.29) is 63.2 Å². The van der Waals surface area contributed by atoms with Crippen LogP contribution in [0.1, 0.15) is 232 Å². The molecule has 14 heteroatoms. The van der Waals surface area contributed by atoms with E-state index >= 15 is 0 Å². The van der Waals surface area contributed by atoms with Gasteiger partial charge in [-0.15, -0.1) is 12.4 Å². The lowest BCUT2D eigenvalue weighted by Crippen LogP contribution is -2.52. The zero-order valence-electron chi connectivity index (χ0n) is 44.0. The lowest BCUT2D eigenvalue weighted by Gasteiger charge is -2.29. The van der Waals surface area contributed by atoms with Crippen molar-refractivity contribution in [3.05, 3.63) is 0 Å². The third-order valence-electron chi connectivity index (χ3n) is 12.9. The van der Waals surface area contributed by atoms with Crippen LogP contribution < -0.4 is 10.6 Å². The van der Waals surface area contributed by atoms with Crippen molar-refractivity contribution in [2.24, 2.45) is 0 Å². The molecule has 67 heavy (non-hydrogen) atoms. The van der Waals surface area contributed by atoms with Crippen molar-refractivity contribution < 1.29 is 33.9 Å². The third kappa shape index (κ3) is 39.6. The maximum Gasteiger partial charge on any atom is 0.303 e. The molecule has 0 aliphatic carbocycles. The van der Waals surface area contributed by atoms with E-state index in [4.69, 9.17) is 0 Å². The van der Waals surface area contributed by atoms with Gasteiger partial charge in [-0.3, -0.25) is 28.8 Å². The molecule has 394 valence electrons. The first-order valence-corrected chi connectivity index (χ1v) is 27.0. The minimum absolute atomic E-state index is 0. The number of nitrogens with zero attached hydrogens (tertiary/aromatic N) is 4. The number of likely N-dealkylation sites (N-methyl/N-ethyl adjacent to an activating group) is 4. The van der Waals surface area contributed by atoms with Gasteiger partial charge in [0, 0.05) is 40.7 Å². The number of aliphatic carboxylic acids is 1. The summed E-state index contributed by atoms with van der Waals surface area (Å²) < 4.78 is 0. The molecule has 0 bridgehead atoms. The van der Waals surface area contributed by atoms with Crippen LogP contribution in [-0.4, -0.2) is 134 Å². The monoisotopic (exact) mass is 971 g/mol. The molecule has 0 rings (SSSR count). The molecular weight excluding hydrogens is 868 g/mol. The number of hydrogen-bond donors (Lipinski definition) is 3. The Morgan fingerprint density at radius 3 is 1.06 bits per heavy atom. The van der Waals surface area contributed by atoms with Gasteiger partial charge in [0.2, 0.25) is 29.5 Å². The van der Waals surface area contributed by atoms with Gasteiger partial charge in [0.25, 0.3) is 0 Å². The Kier molecular flexibility index (Phi) is 46.2. The van der Waals surface area contributed by atoms with Crippen molar-refractivity contribution in [2.45, 2.75) is 238 Å². The fourth-order valence-corrected chi connectivity index (χ4v) is 8.43. The van der Waals surface area contributed by atoms with Crippen molar-refractivity contribution in [1.82, 2.24) is 30.2 Å². The second kappa shape index (κ2) is 46.8. The minimum atomic E-state index is -1.05. The highest BCUT2D eigenvalue weighted by Gasteiger charge is 2.28. The second-order valence-corrected chi connectivity index (χ2v) is 19.3. The minimum Gasteiger partial charge on any atom is -0.481 e. The number of nitrogens with one attached hydrogen (secondary N) is 2. The molecule has 0 aromatic heterocycles. The van der Waals surface area contributed by atoms with E-state index in [1.54, 1.807) is 7.05 Å². The summed E-state index contributed by atoms with van der Waals surface area (Å²) in [7, 11) is 6.04. The molecule has 0 heterocycles. The molecule has 0 saturated heterocycles. The van der Waals surface area contributed by atoms with E-state index in [1.807, 2.05) is 4.90 Å². The van der Waals surface area contributed by atoms with E-state index in [9.17, 15) is 33.9 Å². The van der Waals surface area contributed by atoms with Gasteiger partial charge in [0.15, 0.2) is 0 Å².